The van der Waals surface area contributed by atoms with Gasteiger partial charge in [-0.3, -0.25) is 4.79 Å². The molecule has 7 nitrogen and oxygen atoms in total. The lowest BCUT2D eigenvalue weighted by atomic mass is 9.83. The van der Waals surface area contributed by atoms with Gasteiger partial charge in [0.2, 0.25) is 5.95 Å². The van der Waals surface area contributed by atoms with Crippen LogP contribution in [0, 0.1) is 12.5 Å². The Hall–Kier alpha value is -4.15. The van der Waals surface area contributed by atoms with Crippen LogP contribution in [-0.2, 0) is 17.8 Å². The summed E-state index contributed by atoms with van der Waals surface area (Å²) in [7, 11) is 0. The molecule has 0 unspecified atom stereocenters. The predicted molar refractivity (Wildman–Crippen MR) is 169 cm³/mol. The van der Waals surface area contributed by atoms with Gasteiger partial charge in [-0.2, -0.15) is 9.97 Å². The summed E-state index contributed by atoms with van der Waals surface area (Å²) in [5, 5.41) is 7.68. The molecule has 216 valence electrons. The molecule has 2 heterocycles. The molecule has 0 amide bonds. The van der Waals surface area contributed by atoms with Crippen LogP contribution in [0.25, 0.3) is 10.7 Å². The predicted octanol–water partition coefficient (Wildman–Crippen LogP) is 8.43. The maximum atomic E-state index is 13.2. The van der Waals surface area contributed by atoms with Gasteiger partial charge < -0.3 is 15.2 Å². The smallest absolute Gasteiger partial charge is 0.226 e. The Labute approximate surface area is 253 Å². The number of aromatic nitrogens is 3. The van der Waals surface area contributed by atoms with Crippen molar-refractivity contribution in [2.45, 2.75) is 70.4 Å². The third kappa shape index (κ3) is 8.67. The number of carbonyl (C=O) groups excluding carboxylic acids is 1. The number of nitrogens with zero attached hydrogens (tertiary/aromatic N) is 4. The summed E-state index contributed by atoms with van der Waals surface area (Å²) in [6, 6.07) is 21.1. The third-order valence-electron chi connectivity index (χ3n) is 7.85. The molecular weight excluding hydrogens is 544 g/mol. The summed E-state index contributed by atoms with van der Waals surface area (Å²) in [6.07, 6.45) is 12.7. The van der Waals surface area contributed by atoms with Gasteiger partial charge in [-0.1, -0.05) is 85.7 Å². The normalized spacial score (nSPS) is 14.2. The first kappa shape index (κ1) is 29.3. The molecule has 1 atom stereocenters. The molecule has 1 aliphatic carbocycles. The molecule has 2 aromatic carbocycles. The SMILES string of the molecule is [C-]#[N+]c1ccc(CCC(=O)C[C@@H](CC2CCCCC2)Nc2cc(-n3cccc3)nc(NCc3cccc(Cl)c3)n2)cc1. The van der Waals surface area contributed by atoms with Crippen LogP contribution in [-0.4, -0.2) is 26.4 Å². The van der Waals surface area contributed by atoms with Crippen molar-refractivity contribution in [2.75, 3.05) is 10.6 Å². The minimum absolute atomic E-state index is 0.0155. The van der Waals surface area contributed by atoms with Gasteiger partial charge in [0.15, 0.2) is 5.69 Å². The number of anilines is 2. The van der Waals surface area contributed by atoms with E-state index >= 15 is 0 Å². The molecule has 0 spiro atoms. The quantitative estimate of drug-likeness (QED) is 0.155. The maximum absolute atomic E-state index is 13.2. The molecule has 0 saturated heterocycles. The van der Waals surface area contributed by atoms with Gasteiger partial charge in [0.25, 0.3) is 0 Å². The van der Waals surface area contributed by atoms with E-state index in [9.17, 15) is 4.79 Å². The first-order valence-electron chi connectivity index (χ1n) is 14.8. The number of nitrogens with one attached hydrogen (secondary N) is 2. The molecule has 4 aromatic rings. The van der Waals surface area contributed by atoms with E-state index in [1.54, 1.807) is 0 Å². The van der Waals surface area contributed by atoms with Gasteiger partial charge in [-0.15, -0.1) is 0 Å². The molecule has 0 bridgehead atoms. The summed E-state index contributed by atoms with van der Waals surface area (Å²) in [4.78, 5) is 26.3. The topological polar surface area (TPSA) is 76.2 Å². The Morgan fingerprint density at radius 2 is 1.79 bits per heavy atom. The molecule has 1 saturated carbocycles. The molecular formula is C34H37ClN6O. The van der Waals surface area contributed by atoms with Gasteiger partial charge in [-0.05, 0) is 48.6 Å². The second-order valence-corrected chi connectivity index (χ2v) is 11.5. The van der Waals surface area contributed by atoms with Crippen molar-refractivity contribution in [3.8, 4) is 5.82 Å². The fourth-order valence-electron chi connectivity index (χ4n) is 5.66. The number of hydrogen-bond donors (Lipinski definition) is 2. The highest BCUT2D eigenvalue weighted by molar-refractivity contribution is 6.30. The number of ketones is 1. The van der Waals surface area contributed by atoms with E-state index in [4.69, 9.17) is 28.1 Å². The minimum Gasteiger partial charge on any atom is -0.367 e. The van der Waals surface area contributed by atoms with Crippen LogP contribution in [0.5, 0.6) is 0 Å². The van der Waals surface area contributed by atoms with Crippen LogP contribution in [0.2, 0.25) is 5.02 Å². The molecule has 2 aromatic heterocycles. The zero-order valence-electron chi connectivity index (χ0n) is 23.8. The van der Waals surface area contributed by atoms with Crippen molar-refractivity contribution in [1.82, 2.24) is 14.5 Å². The van der Waals surface area contributed by atoms with E-state index in [1.165, 1.54) is 32.1 Å². The first-order valence-corrected chi connectivity index (χ1v) is 15.2. The van der Waals surface area contributed by atoms with Gasteiger partial charge in [-0.25, -0.2) is 4.85 Å². The van der Waals surface area contributed by atoms with E-state index in [0.29, 0.717) is 54.2 Å². The average molecular weight is 581 g/mol. The zero-order valence-corrected chi connectivity index (χ0v) is 24.6. The van der Waals surface area contributed by atoms with E-state index in [1.807, 2.05) is 83.7 Å². The maximum Gasteiger partial charge on any atom is 0.226 e. The lowest BCUT2D eigenvalue weighted by molar-refractivity contribution is -0.119. The zero-order chi connectivity index (χ0) is 29.1. The highest BCUT2D eigenvalue weighted by Gasteiger charge is 2.22. The Kier molecular flexibility index (Phi) is 10.2. The summed E-state index contributed by atoms with van der Waals surface area (Å²) < 4.78 is 1.96. The molecule has 1 aliphatic rings. The van der Waals surface area contributed by atoms with Crippen LogP contribution >= 0.6 is 11.6 Å². The monoisotopic (exact) mass is 580 g/mol. The van der Waals surface area contributed by atoms with Crippen LogP contribution < -0.4 is 10.6 Å². The number of halogens is 1. The Bertz CT molecular complexity index is 1490. The van der Waals surface area contributed by atoms with Crippen molar-refractivity contribution in [3.05, 3.63) is 107 Å². The van der Waals surface area contributed by atoms with Crippen molar-refractivity contribution < 1.29 is 4.79 Å². The number of Topliss-reactive ketones (excluding diaryl/α,β-unsaturated/α-hetero) is 1. The van der Waals surface area contributed by atoms with Crippen molar-refractivity contribution in [2.24, 2.45) is 5.92 Å². The fraction of sp³-hybridized carbons (Fsp3) is 0.353. The van der Waals surface area contributed by atoms with Gasteiger partial charge in [0.05, 0.1) is 6.57 Å². The molecule has 2 N–H and O–H groups in total. The Balaban J connectivity index is 1.31. The molecule has 0 aliphatic heterocycles. The lowest BCUT2D eigenvalue weighted by Crippen LogP contribution is -2.28. The highest BCUT2D eigenvalue weighted by Crippen LogP contribution is 2.29. The van der Waals surface area contributed by atoms with Crippen molar-refractivity contribution >= 4 is 34.8 Å². The summed E-state index contributed by atoms with van der Waals surface area (Å²) in [5.74, 6) is 2.80. The average Bonchev–Trinajstić information content (AvgIpc) is 3.55. The molecule has 5 rings (SSSR count). The molecule has 8 heteroatoms. The van der Waals surface area contributed by atoms with Crippen molar-refractivity contribution in [3.63, 3.8) is 0 Å². The summed E-state index contributed by atoms with van der Waals surface area (Å²) in [6.45, 7) is 7.68. The Morgan fingerprint density at radius 1 is 1.00 bits per heavy atom. The van der Waals surface area contributed by atoms with Crippen LogP contribution in [0.15, 0.2) is 79.1 Å². The van der Waals surface area contributed by atoms with Crippen molar-refractivity contribution in [1.29, 1.82) is 0 Å². The molecule has 42 heavy (non-hydrogen) atoms. The molecule has 0 radical (unpaired) electrons. The van der Waals surface area contributed by atoms with Crippen LogP contribution in [0.4, 0.5) is 17.5 Å². The fourth-order valence-corrected chi connectivity index (χ4v) is 5.87. The number of hydrogen-bond acceptors (Lipinski definition) is 5. The first-order chi connectivity index (χ1) is 20.5. The van der Waals surface area contributed by atoms with Crippen LogP contribution in [0.1, 0.15) is 62.5 Å². The number of benzene rings is 2. The second-order valence-electron chi connectivity index (χ2n) is 11.1. The van der Waals surface area contributed by atoms with Gasteiger partial charge >= 0.3 is 0 Å². The number of carbonyl (C=O) groups is 1. The summed E-state index contributed by atoms with van der Waals surface area (Å²) in [5.41, 5.74) is 2.74. The van der Waals surface area contributed by atoms with Gasteiger partial charge in [0, 0.05) is 48.9 Å². The van der Waals surface area contributed by atoms with E-state index in [0.717, 1.165) is 23.4 Å². The number of rotatable bonds is 13. The van der Waals surface area contributed by atoms with E-state index in [-0.39, 0.29) is 11.8 Å². The van der Waals surface area contributed by atoms with E-state index < -0.39 is 0 Å². The Morgan fingerprint density at radius 3 is 2.52 bits per heavy atom. The van der Waals surface area contributed by atoms with Gasteiger partial charge in [0.1, 0.15) is 17.4 Å². The number of aryl methyl sites for hydroxylation is 1. The second kappa shape index (κ2) is 14.7. The molecule has 1 fully saturated rings. The van der Waals surface area contributed by atoms with Crippen LogP contribution in [0.3, 0.4) is 0 Å². The standard InChI is InChI=1S/C34H37ClN6O/c1-36-29-15-12-25(13-16-29)14-17-31(42)22-30(21-26-8-3-2-4-9-26)38-32-23-33(41-18-5-6-19-41)40-34(39-32)37-24-27-10-7-11-28(35)20-27/h5-7,10-13,15-16,18-20,23,26,30H,2-4,8-9,14,17,21-22,24H2,(H2,37,38,39,40)/t30-/m1/s1. The largest absolute Gasteiger partial charge is 0.367 e. The lowest BCUT2D eigenvalue weighted by Gasteiger charge is -2.27. The summed E-state index contributed by atoms with van der Waals surface area (Å²) >= 11 is 6.18. The minimum atomic E-state index is -0.0155. The third-order valence-corrected chi connectivity index (χ3v) is 8.08. The highest BCUT2D eigenvalue weighted by atomic mass is 35.5. The van der Waals surface area contributed by atoms with E-state index in [2.05, 4.69) is 15.5 Å².